The molecule has 0 unspecified atom stereocenters. The Morgan fingerprint density at radius 2 is 1.96 bits per heavy atom. The molecule has 3 aromatic heterocycles. The highest BCUT2D eigenvalue weighted by atomic mass is 16.5. The largest absolute Gasteiger partial charge is 0.461 e. The molecule has 1 saturated heterocycles. The second-order valence-corrected chi connectivity index (χ2v) is 5.47. The number of aromatic nitrogens is 3. The van der Waals surface area contributed by atoms with Crippen molar-refractivity contribution in [1.82, 2.24) is 15.1 Å². The second-order valence-electron chi connectivity index (χ2n) is 5.47. The summed E-state index contributed by atoms with van der Waals surface area (Å²) in [4.78, 5) is 22.9. The Morgan fingerprint density at radius 1 is 1.17 bits per heavy atom. The number of anilines is 2. The molecule has 1 fully saturated rings. The normalized spacial score (nSPS) is 14.1. The Labute approximate surface area is 137 Å². The van der Waals surface area contributed by atoms with Crippen LogP contribution in [0.3, 0.4) is 0 Å². The van der Waals surface area contributed by atoms with Crippen LogP contribution in [-0.2, 0) is 0 Å². The van der Waals surface area contributed by atoms with E-state index < -0.39 is 5.91 Å². The van der Waals surface area contributed by atoms with E-state index in [2.05, 4.69) is 25.3 Å². The maximum atomic E-state index is 12.2. The fourth-order valence-corrected chi connectivity index (χ4v) is 2.58. The second kappa shape index (κ2) is 6.15. The fourth-order valence-electron chi connectivity index (χ4n) is 2.58. The monoisotopic (exact) mass is 325 g/mol. The summed E-state index contributed by atoms with van der Waals surface area (Å²) in [6.45, 7) is 1.94. The molecule has 0 atom stereocenters. The molecule has 3 aromatic rings. The van der Waals surface area contributed by atoms with E-state index in [4.69, 9.17) is 8.94 Å². The van der Waals surface area contributed by atoms with Crippen molar-refractivity contribution in [3.63, 3.8) is 0 Å². The minimum absolute atomic E-state index is 0.157. The van der Waals surface area contributed by atoms with Crippen molar-refractivity contribution in [3.8, 4) is 11.5 Å². The standard InChI is InChI=1S/C16H15N5O3/c22-15(12-8-14(24-20-12)13-4-3-7-23-13)19-11-9-17-16(18-10-11)21-5-1-2-6-21/h3-4,7-10H,1-2,5-6H2,(H,19,22). The van der Waals surface area contributed by atoms with Gasteiger partial charge in [-0.2, -0.15) is 0 Å². The molecule has 1 aliphatic heterocycles. The Kier molecular flexibility index (Phi) is 3.70. The first-order chi connectivity index (χ1) is 11.8. The zero-order chi connectivity index (χ0) is 16.4. The van der Waals surface area contributed by atoms with Gasteiger partial charge in [0.2, 0.25) is 11.7 Å². The van der Waals surface area contributed by atoms with Crippen LogP contribution in [0.4, 0.5) is 11.6 Å². The van der Waals surface area contributed by atoms with Gasteiger partial charge in [-0.1, -0.05) is 5.16 Å². The van der Waals surface area contributed by atoms with Crippen LogP contribution in [0.2, 0.25) is 0 Å². The fraction of sp³-hybridized carbons (Fsp3) is 0.250. The molecule has 1 amide bonds. The van der Waals surface area contributed by atoms with E-state index in [1.54, 1.807) is 24.5 Å². The van der Waals surface area contributed by atoms with Gasteiger partial charge in [0.15, 0.2) is 11.5 Å². The highest BCUT2D eigenvalue weighted by Crippen LogP contribution is 2.21. The Hall–Kier alpha value is -3.16. The van der Waals surface area contributed by atoms with Crippen LogP contribution >= 0.6 is 0 Å². The number of furan rings is 1. The van der Waals surface area contributed by atoms with Gasteiger partial charge in [0.05, 0.1) is 24.3 Å². The lowest BCUT2D eigenvalue weighted by molar-refractivity contribution is 0.101. The highest BCUT2D eigenvalue weighted by Gasteiger charge is 2.17. The van der Waals surface area contributed by atoms with E-state index in [0.717, 1.165) is 25.9 Å². The summed E-state index contributed by atoms with van der Waals surface area (Å²) in [5, 5.41) is 6.45. The number of carbonyl (C=O) groups is 1. The van der Waals surface area contributed by atoms with Gasteiger partial charge in [0.1, 0.15) is 0 Å². The molecular formula is C16H15N5O3. The Balaban J connectivity index is 1.44. The molecule has 4 heterocycles. The number of nitrogens with zero attached hydrogens (tertiary/aromatic N) is 4. The molecule has 1 N–H and O–H groups in total. The van der Waals surface area contributed by atoms with Gasteiger partial charge in [0.25, 0.3) is 5.91 Å². The summed E-state index contributed by atoms with van der Waals surface area (Å²) in [7, 11) is 0. The quantitative estimate of drug-likeness (QED) is 0.787. The Bertz CT molecular complexity index is 820. The van der Waals surface area contributed by atoms with E-state index in [1.165, 1.54) is 12.3 Å². The van der Waals surface area contributed by atoms with E-state index in [-0.39, 0.29) is 5.69 Å². The molecule has 122 valence electrons. The van der Waals surface area contributed by atoms with Crippen molar-refractivity contribution >= 4 is 17.5 Å². The zero-order valence-electron chi connectivity index (χ0n) is 12.8. The molecule has 0 saturated carbocycles. The van der Waals surface area contributed by atoms with Crippen molar-refractivity contribution in [3.05, 3.63) is 42.5 Å². The molecule has 0 radical (unpaired) electrons. The van der Waals surface area contributed by atoms with Crippen LogP contribution in [0.25, 0.3) is 11.5 Å². The van der Waals surface area contributed by atoms with E-state index >= 15 is 0 Å². The lowest BCUT2D eigenvalue weighted by atomic mass is 10.3. The summed E-state index contributed by atoms with van der Waals surface area (Å²) in [5.74, 6) is 1.20. The number of rotatable bonds is 4. The topological polar surface area (TPSA) is 97.3 Å². The van der Waals surface area contributed by atoms with Gasteiger partial charge >= 0.3 is 0 Å². The molecule has 4 rings (SSSR count). The van der Waals surface area contributed by atoms with Gasteiger partial charge in [-0.3, -0.25) is 4.79 Å². The van der Waals surface area contributed by atoms with Crippen LogP contribution in [0, 0.1) is 0 Å². The zero-order valence-corrected chi connectivity index (χ0v) is 12.8. The summed E-state index contributed by atoms with van der Waals surface area (Å²) in [6.07, 6.45) is 7.02. The van der Waals surface area contributed by atoms with Gasteiger partial charge < -0.3 is 19.2 Å². The smallest absolute Gasteiger partial charge is 0.277 e. The summed E-state index contributed by atoms with van der Waals surface area (Å²) in [6, 6.07) is 4.98. The first-order valence-corrected chi connectivity index (χ1v) is 7.68. The summed E-state index contributed by atoms with van der Waals surface area (Å²) in [5.41, 5.74) is 0.663. The molecule has 0 aliphatic carbocycles. The van der Waals surface area contributed by atoms with E-state index in [1.807, 2.05) is 0 Å². The van der Waals surface area contributed by atoms with Gasteiger partial charge in [-0.05, 0) is 25.0 Å². The predicted molar refractivity (Wildman–Crippen MR) is 85.6 cm³/mol. The van der Waals surface area contributed by atoms with Crippen molar-refractivity contribution in [2.45, 2.75) is 12.8 Å². The number of nitrogens with one attached hydrogen (secondary N) is 1. The molecule has 0 aromatic carbocycles. The molecular weight excluding hydrogens is 310 g/mol. The number of hydrogen-bond acceptors (Lipinski definition) is 7. The SMILES string of the molecule is O=C(Nc1cnc(N2CCCC2)nc1)c1cc(-c2ccco2)on1. The highest BCUT2D eigenvalue weighted by molar-refractivity contribution is 6.03. The maximum absolute atomic E-state index is 12.2. The molecule has 1 aliphatic rings. The first kappa shape index (κ1) is 14.4. The summed E-state index contributed by atoms with van der Waals surface area (Å²) >= 11 is 0. The number of amides is 1. The minimum Gasteiger partial charge on any atom is -0.461 e. The third kappa shape index (κ3) is 2.85. The maximum Gasteiger partial charge on any atom is 0.277 e. The van der Waals surface area contributed by atoms with Crippen LogP contribution < -0.4 is 10.2 Å². The minimum atomic E-state index is -0.394. The lowest BCUT2D eigenvalue weighted by Crippen LogP contribution is -2.20. The van der Waals surface area contributed by atoms with E-state index in [9.17, 15) is 4.79 Å². The number of hydrogen-bond donors (Lipinski definition) is 1. The molecule has 8 nitrogen and oxygen atoms in total. The van der Waals surface area contributed by atoms with Crippen molar-refractivity contribution in [2.24, 2.45) is 0 Å². The molecule has 8 heteroatoms. The average molecular weight is 325 g/mol. The van der Waals surface area contributed by atoms with Gasteiger partial charge in [0, 0.05) is 19.2 Å². The van der Waals surface area contributed by atoms with E-state index in [0.29, 0.717) is 23.2 Å². The molecule has 0 bridgehead atoms. The van der Waals surface area contributed by atoms with Crippen LogP contribution in [0.15, 0.2) is 45.8 Å². The van der Waals surface area contributed by atoms with Gasteiger partial charge in [-0.15, -0.1) is 0 Å². The number of carbonyl (C=O) groups excluding carboxylic acids is 1. The summed E-state index contributed by atoms with van der Waals surface area (Å²) < 4.78 is 10.3. The predicted octanol–water partition coefficient (Wildman–Crippen LogP) is 2.58. The van der Waals surface area contributed by atoms with Crippen molar-refractivity contribution in [2.75, 3.05) is 23.3 Å². The van der Waals surface area contributed by atoms with Crippen molar-refractivity contribution in [1.29, 1.82) is 0 Å². The van der Waals surface area contributed by atoms with Gasteiger partial charge in [-0.25, -0.2) is 9.97 Å². The van der Waals surface area contributed by atoms with Crippen LogP contribution in [-0.4, -0.2) is 34.1 Å². The Morgan fingerprint density at radius 3 is 2.67 bits per heavy atom. The lowest BCUT2D eigenvalue weighted by Gasteiger charge is -2.14. The van der Waals surface area contributed by atoms with Crippen molar-refractivity contribution < 1.29 is 13.7 Å². The third-order valence-electron chi connectivity index (χ3n) is 3.79. The molecule has 24 heavy (non-hydrogen) atoms. The molecule has 0 spiro atoms. The third-order valence-corrected chi connectivity index (χ3v) is 3.79. The van der Waals surface area contributed by atoms with Crippen LogP contribution in [0.5, 0.6) is 0 Å². The average Bonchev–Trinajstić information content (AvgIpc) is 3.35. The van der Waals surface area contributed by atoms with Crippen LogP contribution in [0.1, 0.15) is 23.3 Å². The first-order valence-electron chi connectivity index (χ1n) is 7.68.